The molecule has 10 rings (SSSR count). The summed E-state index contributed by atoms with van der Waals surface area (Å²) < 4.78 is 6.39. The topological polar surface area (TPSA) is 51.8 Å². The van der Waals surface area contributed by atoms with E-state index >= 15 is 0 Å². The Balaban J connectivity index is 1.04. The van der Waals surface area contributed by atoms with Crippen LogP contribution in [0.4, 0.5) is 0 Å². The van der Waals surface area contributed by atoms with Crippen LogP contribution >= 0.6 is 0 Å². The predicted molar refractivity (Wildman–Crippen MR) is 217 cm³/mol. The van der Waals surface area contributed by atoms with Gasteiger partial charge in [-0.2, -0.15) is 0 Å². The van der Waals surface area contributed by atoms with Crippen LogP contribution in [0.2, 0.25) is 0 Å². The number of fused-ring (bicyclic) bond motifs is 4. The first-order valence-corrected chi connectivity index (χ1v) is 17.8. The predicted octanol–water partition coefficient (Wildman–Crippen LogP) is 12.9. The van der Waals surface area contributed by atoms with Gasteiger partial charge >= 0.3 is 0 Å². The Morgan fingerprint density at radius 1 is 0.264 bits per heavy atom. The van der Waals surface area contributed by atoms with Gasteiger partial charge in [0.05, 0.1) is 5.56 Å². The molecule has 0 N–H and O–H groups in total. The van der Waals surface area contributed by atoms with E-state index in [4.69, 9.17) is 19.4 Å². The van der Waals surface area contributed by atoms with Crippen molar-refractivity contribution >= 4 is 32.7 Å². The number of benzene rings is 8. The molecule has 4 heteroatoms. The average Bonchev–Trinajstić information content (AvgIpc) is 3.63. The SMILES string of the molecule is c1ccc(-c2ccc(-c3ccc(-c4ccc(-c5nc(-c6ccccc6)nc(-c6cccc7c6oc6ccccc67)n5)cc4)c4ccccc34)cc2)cc1. The van der Waals surface area contributed by atoms with E-state index in [9.17, 15) is 0 Å². The third-order valence-corrected chi connectivity index (χ3v) is 9.99. The summed E-state index contributed by atoms with van der Waals surface area (Å²) in [5, 5.41) is 4.53. The molecule has 0 amide bonds. The van der Waals surface area contributed by atoms with E-state index in [2.05, 4.69) is 127 Å². The Hall–Kier alpha value is -7.17. The van der Waals surface area contributed by atoms with Gasteiger partial charge in [0.15, 0.2) is 17.5 Å². The van der Waals surface area contributed by atoms with E-state index in [1.807, 2.05) is 60.7 Å². The highest BCUT2D eigenvalue weighted by molar-refractivity contribution is 6.09. The summed E-state index contributed by atoms with van der Waals surface area (Å²) in [6.07, 6.45) is 0. The maximum absolute atomic E-state index is 6.39. The minimum absolute atomic E-state index is 0.570. The van der Waals surface area contributed by atoms with Crippen molar-refractivity contribution in [2.24, 2.45) is 0 Å². The highest BCUT2D eigenvalue weighted by atomic mass is 16.3. The summed E-state index contributed by atoms with van der Waals surface area (Å²) in [4.78, 5) is 15.0. The third kappa shape index (κ3) is 5.54. The van der Waals surface area contributed by atoms with Crippen molar-refractivity contribution in [1.82, 2.24) is 15.0 Å². The Morgan fingerprint density at radius 2 is 0.698 bits per heavy atom. The molecule has 8 aromatic carbocycles. The summed E-state index contributed by atoms with van der Waals surface area (Å²) in [5.41, 5.74) is 11.4. The lowest BCUT2D eigenvalue weighted by Crippen LogP contribution is -2.00. The number of furan rings is 1. The second kappa shape index (κ2) is 12.9. The Kier molecular flexibility index (Phi) is 7.43. The Morgan fingerprint density at radius 3 is 1.32 bits per heavy atom. The molecule has 248 valence electrons. The molecule has 0 radical (unpaired) electrons. The maximum Gasteiger partial charge on any atom is 0.167 e. The number of para-hydroxylation sites is 2. The van der Waals surface area contributed by atoms with Gasteiger partial charge in [0.25, 0.3) is 0 Å². The largest absolute Gasteiger partial charge is 0.455 e. The van der Waals surface area contributed by atoms with Gasteiger partial charge in [0.1, 0.15) is 11.2 Å². The molecule has 0 aliphatic carbocycles. The van der Waals surface area contributed by atoms with Crippen LogP contribution in [0.5, 0.6) is 0 Å². The highest BCUT2D eigenvalue weighted by Crippen LogP contribution is 2.38. The van der Waals surface area contributed by atoms with E-state index in [-0.39, 0.29) is 0 Å². The molecule has 2 aromatic heterocycles. The fraction of sp³-hybridized carbons (Fsp3) is 0. The van der Waals surface area contributed by atoms with Crippen molar-refractivity contribution in [2.75, 3.05) is 0 Å². The fourth-order valence-electron chi connectivity index (χ4n) is 7.34. The van der Waals surface area contributed by atoms with E-state index in [1.165, 1.54) is 38.6 Å². The normalized spacial score (nSPS) is 11.4. The molecule has 0 spiro atoms. The van der Waals surface area contributed by atoms with Crippen LogP contribution in [0.15, 0.2) is 192 Å². The van der Waals surface area contributed by atoms with Crippen LogP contribution in [-0.4, -0.2) is 15.0 Å². The smallest absolute Gasteiger partial charge is 0.167 e. The van der Waals surface area contributed by atoms with Crippen LogP contribution in [-0.2, 0) is 0 Å². The van der Waals surface area contributed by atoms with Crippen LogP contribution in [0.1, 0.15) is 0 Å². The van der Waals surface area contributed by atoms with Gasteiger partial charge in [-0.1, -0.05) is 176 Å². The third-order valence-electron chi connectivity index (χ3n) is 9.99. The zero-order chi connectivity index (χ0) is 35.1. The van der Waals surface area contributed by atoms with Crippen LogP contribution < -0.4 is 0 Å². The lowest BCUT2D eigenvalue weighted by Gasteiger charge is -2.13. The number of nitrogens with zero attached hydrogens (tertiary/aromatic N) is 3. The van der Waals surface area contributed by atoms with Gasteiger partial charge in [0, 0.05) is 21.9 Å². The second-order valence-corrected chi connectivity index (χ2v) is 13.2. The molecule has 0 atom stereocenters. The van der Waals surface area contributed by atoms with E-state index in [1.54, 1.807) is 0 Å². The van der Waals surface area contributed by atoms with Crippen molar-refractivity contribution < 1.29 is 4.42 Å². The van der Waals surface area contributed by atoms with Crippen molar-refractivity contribution in [3.05, 3.63) is 188 Å². The minimum atomic E-state index is 0.570. The van der Waals surface area contributed by atoms with Crippen molar-refractivity contribution in [1.29, 1.82) is 0 Å². The molecule has 53 heavy (non-hydrogen) atoms. The van der Waals surface area contributed by atoms with E-state index in [0.29, 0.717) is 17.5 Å². The van der Waals surface area contributed by atoms with Crippen LogP contribution in [0, 0.1) is 0 Å². The lowest BCUT2D eigenvalue weighted by molar-refractivity contribution is 0.669. The summed E-state index contributed by atoms with van der Waals surface area (Å²) in [6.45, 7) is 0. The summed E-state index contributed by atoms with van der Waals surface area (Å²) in [7, 11) is 0. The first kappa shape index (κ1) is 30.6. The van der Waals surface area contributed by atoms with Gasteiger partial charge < -0.3 is 4.42 Å². The summed E-state index contributed by atoms with van der Waals surface area (Å²) >= 11 is 0. The van der Waals surface area contributed by atoms with Crippen LogP contribution in [0.25, 0.3) is 100 Å². The maximum atomic E-state index is 6.39. The quantitative estimate of drug-likeness (QED) is 0.176. The number of rotatable bonds is 6. The molecular formula is C49H31N3O. The van der Waals surface area contributed by atoms with E-state index in [0.717, 1.165) is 44.2 Å². The van der Waals surface area contributed by atoms with Crippen molar-refractivity contribution in [3.63, 3.8) is 0 Å². The van der Waals surface area contributed by atoms with Gasteiger partial charge in [0.2, 0.25) is 0 Å². The Bertz CT molecular complexity index is 2910. The molecule has 0 saturated carbocycles. The van der Waals surface area contributed by atoms with Gasteiger partial charge in [-0.3, -0.25) is 0 Å². The molecule has 2 heterocycles. The number of aromatic nitrogens is 3. The Labute approximate surface area is 306 Å². The van der Waals surface area contributed by atoms with Crippen molar-refractivity contribution in [3.8, 4) is 67.5 Å². The summed E-state index contributed by atoms with van der Waals surface area (Å²) in [6, 6.07) is 65.3. The summed E-state index contributed by atoms with van der Waals surface area (Å²) in [5.74, 6) is 1.79. The molecule has 0 fully saturated rings. The first-order valence-electron chi connectivity index (χ1n) is 17.8. The molecule has 0 bridgehead atoms. The van der Waals surface area contributed by atoms with E-state index < -0.39 is 0 Å². The molecule has 0 unspecified atom stereocenters. The monoisotopic (exact) mass is 677 g/mol. The van der Waals surface area contributed by atoms with Gasteiger partial charge in [-0.05, 0) is 56.3 Å². The first-order chi connectivity index (χ1) is 26.3. The molecule has 0 aliphatic rings. The molecule has 0 aliphatic heterocycles. The number of hydrogen-bond acceptors (Lipinski definition) is 4. The molecular weight excluding hydrogens is 647 g/mol. The highest BCUT2D eigenvalue weighted by Gasteiger charge is 2.18. The molecule has 0 saturated heterocycles. The fourth-order valence-corrected chi connectivity index (χ4v) is 7.34. The molecule has 4 nitrogen and oxygen atoms in total. The minimum Gasteiger partial charge on any atom is -0.455 e. The van der Waals surface area contributed by atoms with Gasteiger partial charge in [-0.15, -0.1) is 0 Å². The van der Waals surface area contributed by atoms with Crippen molar-refractivity contribution in [2.45, 2.75) is 0 Å². The standard InChI is InChI=1S/C49H31N3O/c1-3-12-32(13-4-1)33-22-24-34(25-23-33)38-30-31-39(41-17-8-7-16-40(38)41)35-26-28-37(29-27-35)48-50-47(36-14-5-2-6-15-36)51-49(52-48)44-20-11-19-43-42-18-9-10-21-45(42)53-46(43)44/h1-31H. The zero-order valence-electron chi connectivity index (χ0n) is 28.6. The lowest BCUT2D eigenvalue weighted by atomic mass is 9.91. The number of hydrogen-bond donors (Lipinski definition) is 0. The molecule has 10 aromatic rings. The average molecular weight is 678 g/mol. The zero-order valence-corrected chi connectivity index (χ0v) is 28.6. The van der Waals surface area contributed by atoms with Crippen LogP contribution in [0.3, 0.4) is 0 Å². The van der Waals surface area contributed by atoms with Gasteiger partial charge in [-0.25, -0.2) is 15.0 Å². The second-order valence-electron chi connectivity index (χ2n) is 13.2.